The third-order valence-corrected chi connectivity index (χ3v) is 6.39. The van der Waals surface area contributed by atoms with E-state index in [1.54, 1.807) is 12.1 Å². The number of anilines is 2. The van der Waals surface area contributed by atoms with Crippen molar-refractivity contribution in [3.8, 4) is 0 Å². The number of pyridine rings is 1. The molecule has 1 aromatic carbocycles. The Kier molecular flexibility index (Phi) is 5.66. The first-order valence-electron chi connectivity index (χ1n) is 8.85. The number of amides is 1. The Balaban J connectivity index is 1.54. The zero-order valence-electron chi connectivity index (χ0n) is 15.0. The van der Waals surface area contributed by atoms with Crippen LogP contribution in [0.4, 0.5) is 11.4 Å². The van der Waals surface area contributed by atoms with E-state index in [0.29, 0.717) is 41.9 Å². The average Bonchev–Trinajstić information content (AvgIpc) is 2.72. The van der Waals surface area contributed by atoms with Crippen LogP contribution in [0.3, 0.4) is 0 Å². The topological polar surface area (TPSA) is 80.3 Å². The summed E-state index contributed by atoms with van der Waals surface area (Å²) in [7, 11) is 0. The van der Waals surface area contributed by atoms with Gasteiger partial charge in [0, 0.05) is 43.1 Å². The molecule has 4 rings (SSSR count). The summed E-state index contributed by atoms with van der Waals surface area (Å²) in [5.41, 5.74) is 1.49. The lowest BCUT2D eigenvalue weighted by atomic mass is 9.66. The molecular formula is C20H15BrCl2N3O3. The number of carbonyl (C=O) groups is 2. The standard InChI is InChI=1S/C20H15BrCl2N3O3/c21-16-17(20(18(16)27)4-6-29-7-5-20)25-11-2-1-3-12(8-11)26-19(28)15-13(22)9-24-10-14(15)23/h1-3,9-10,25H,4-7H2,(H,26,28). The minimum Gasteiger partial charge on any atom is -0.381 e. The molecule has 1 radical (unpaired) electrons. The number of halogens is 3. The molecule has 1 amide bonds. The predicted octanol–water partition coefficient (Wildman–Crippen LogP) is 4.84. The Hall–Kier alpha value is -1.93. The van der Waals surface area contributed by atoms with Gasteiger partial charge >= 0.3 is 0 Å². The lowest BCUT2D eigenvalue weighted by Gasteiger charge is -2.45. The van der Waals surface area contributed by atoms with Crippen molar-refractivity contribution in [2.45, 2.75) is 12.8 Å². The van der Waals surface area contributed by atoms with Gasteiger partial charge in [-0.05, 0) is 40.9 Å². The number of ketones is 1. The molecule has 1 spiro atoms. The van der Waals surface area contributed by atoms with Crippen molar-refractivity contribution in [3.05, 3.63) is 62.4 Å². The Bertz CT molecular complexity index is 1020. The van der Waals surface area contributed by atoms with Gasteiger partial charge in [-0.3, -0.25) is 14.6 Å². The number of allylic oxidation sites excluding steroid dienone is 2. The Morgan fingerprint density at radius 1 is 1.17 bits per heavy atom. The van der Waals surface area contributed by atoms with Gasteiger partial charge < -0.3 is 15.4 Å². The molecule has 1 fully saturated rings. The Labute approximate surface area is 185 Å². The molecule has 0 bridgehead atoms. The average molecular weight is 496 g/mol. The predicted molar refractivity (Wildman–Crippen MR) is 115 cm³/mol. The number of hydrogen-bond acceptors (Lipinski definition) is 5. The summed E-state index contributed by atoms with van der Waals surface area (Å²) in [5, 5.41) is 6.34. The minimum atomic E-state index is -0.539. The van der Waals surface area contributed by atoms with Crippen molar-refractivity contribution >= 4 is 62.2 Å². The highest BCUT2D eigenvalue weighted by molar-refractivity contribution is 9.12. The van der Waals surface area contributed by atoms with Crippen molar-refractivity contribution in [2.75, 3.05) is 23.8 Å². The number of hydrogen-bond donors (Lipinski definition) is 2. The van der Waals surface area contributed by atoms with Crippen LogP contribution in [0.1, 0.15) is 23.2 Å². The molecule has 1 aromatic heterocycles. The lowest BCUT2D eigenvalue weighted by Crippen LogP contribution is -2.49. The van der Waals surface area contributed by atoms with Crippen molar-refractivity contribution in [1.82, 2.24) is 4.98 Å². The van der Waals surface area contributed by atoms with Crippen LogP contribution in [0.25, 0.3) is 0 Å². The summed E-state index contributed by atoms with van der Waals surface area (Å²) in [5.74, 6) is -0.370. The minimum absolute atomic E-state index is 0.0923. The van der Waals surface area contributed by atoms with Crippen LogP contribution in [0, 0.1) is 11.5 Å². The molecule has 0 atom stereocenters. The molecule has 9 heteroatoms. The van der Waals surface area contributed by atoms with Gasteiger partial charge in [-0.2, -0.15) is 0 Å². The van der Waals surface area contributed by atoms with E-state index in [-0.39, 0.29) is 21.4 Å². The normalized spacial score (nSPS) is 17.8. The first-order valence-corrected chi connectivity index (χ1v) is 10.4. The SMILES string of the molecule is O=C(Nc1[c]c(NC2=C(Br)C(=O)C23CCOCC3)ccc1)c1c(Cl)cncc1Cl. The summed E-state index contributed by atoms with van der Waals surface area (Å²) < 4.78 is 5.95. The van der Waals surface area contributed by atoms with E-state index < -0.39 is 11.3 Å². The molecular weight excluding hydrogens is 481 g/mol. The summed E-state index contributed by atoms with van der Waals surface area (Å²) in [4.78, 5) is 28.9. The van der Waals surface area contributed by atoms with Crippen molar-refractivity contribution in [2.24, 2.45) is 5.41 Å². The van der Waals surface area contributed by atoms with Gasteiger partial charge in [-0.1, -0.05) is 29.3 Å². The summed E-state index contributed by atoms with van der Waals surface area (Å²) in [6.07, 6.45) is 3.99. The third-order valence-electron chi connectivity index (χ3n) is 5.06. The van der Waals surface area contributed by atoms with E-state index in [1.165, 1.54) is 12.4 Å². The fourth-order valence-corrected chi connectivity index (χ4v) is 4.91. The molecule has 2 heterocycles. The molecule has 149 valence electrons. The highest BCUT2D eigenvalue weighted by atomic mass is 79.9. The zero-order chi connectivity index (χ0) is 20.6. The molecule has 1 aliphatic carbocycles. The van der Waals surface area contributed by atoms with Crippen molar-refractivity contribution in [1.29, 1.82) is 0 Å². The van der Waals surface area contributed by atoms with Gasteiger partial charge in [-0.25, -0.2) is 0 Å². The number of nitrogens with one attached hydrogen (secondary N) is 2. The van der Waals surface area contributed by atoms with Crippen LogP contribution in [0.5, 0.6) is 0 Å². The van der Waals surface area contributed by atoms with Gasteiger partial charge in [0.15, 0.2) is 5.78 Å². The fourth-order valence-electron chi connectivity index (χ4n) is 3.52. The first kappa shape index (κ1) is 20.3. The number of nitrogens with zero attached hydrogens (tertiary/aromatic N) is 1. The highest BCUT2D eigenvalue weighted by Crippen LogP contribution is 2.52. The lowest BCUT2D eigenvalue weighted by molar-refractivity contribution is -0.129. The van der Waals surface area contributed by atoms with E-state index in [1.807, 2.05) is 6.07 Å². The van der Waals surface area contributed by atoms with Gasteiger partial charge in [-0.15, -0.1) is 0 Å². The second-order valence-electron chi connectivity index (χ2n) is 6.75. The monoisotopic (exact) mass is 494 g/mol. The van der Waals surface area contributed by atoms with E-state index in [4.69, 9.17) is 27.9 Å². The maximum Gasteiger partial charge on any atom is 0.258 e. The zero-order valence-corrected chi connectivity index (χ0v) is 18.1. The smallest absolute Gasteiger partial charge is 0.258 e. The second kappa shape index (κ2) is 8.07. The van der Waals surface area contributed by atoms with Crippen molar-refractivity contribution < 1.29 is 14.3 Å². The summed E-state index contributed by atoms with van der Waals surface area (Å²) in [6, 6.07) is 8.38. The molecule has 1 aliphatic heterocycles. The van der Waals surface area contributed by atoms with Gasteiger partial charge in [0.2, 0.25) is 0 Å². The van der Waals surface area contributed by atoms with Gasteiger partial charge in [0.05, 0.1) is 31.2 Å². The molecule has 29 heavy (non-hydrogen) atoms. The molecule has 0 saturated carbocycles. The second-order valence-corrected chi connectivity index (χ2v) is 8.36. The van der Waals surface area contributed by atoms with Crippen LogP contribution >= 0.6 is 39.1 Å². The number of rotatable bonds is 4. The quantitative estimate of drug-likeness (QED) is 0.634. The number of Topliss-reactive ketones (excluding diaryl/α,β-unsaturated/α-hetero) is 1. The van der Waals surface area contributed by atoms with E-state index in [2.05, 4.69) is 37.6 Å². The maximum absolute atomic E-state index is 12.6. The molecule has 0 unspecified atom stereocenters. The Morgan fingerprint density at radius 3 is 2.52 bits per heavy atom. The van der Waals surface area contributed by atoms with Crippen LogP contribution < -0.4 is 10.6 Å². The molecule has 2 N–H and O–H groups in total. The molecule has 6 nitrogen and oxygen atoms in total. The third kappa shape index (κ3) is 3.68. The fraction of sp³-hybridized carbons (Fsp3) is 0.250. The summed E-state index contributed by atoms with van der Waals surface area (Å²) >= 11 is 15.5. The number of aromatic nitrogens is 1. The van der Waals surface area contributed by atoms with Gasteiger partial charge in [0.1, 0.15) is 0 Å². The van der Waals surface area contributed by atoms with Crippen LogP contribution in [-0.2, 0) is 9.53 Å². The number of benzene rings is 1. The largest absolute Gasteiger partial charge is 0.381 e. The molecule has 2 aromatic rings. The molecule has 2 aliphatic rings. The Morgan fingerprint density at radius 2 is 1.83 bits per heavy atom. The number of carbonyl (C=O) groups excluding carboxylic acids is 2. The van der Waals surface area contributed by atoms with Crippen LogP contribution in [0.2, 0.25) is 10.0 Å². The van der Waals surface area contributed by atoms with Crippen LogP contribution in [0.15, 0.2) is 40.8 Å². The van der Waals surface area contributed by atoms with E-state index in [9.17, 15) is 9.59 Å². The maximum atomic E-state index is 12.6. The highest BCUT2D eigenvalue weighted by Gasteiger charge is 2.53. The van der Waals surface area contributed by atoms with Crippen molar-refractivity contribution in [3.63, 3.8) is 0 Å². The molecule has 1 saturated heterocycles. The first-order chi connectivity index (χ1) is 13.9. The van der Waals surface area contributed by atoms with Gasteiger partial charge in [0.25, 0.3) is 5.91 Å². The van der Waals surface area contributed by atoms with E-state index in [0.717, 1.165) is 5.70 Å². The number of ether oxygens (including phenoxy) is 1. The summed E-state index contributed by atoms with van der Waals surface area (Å²) in [6.45, 7) is 1.09. The van der Waals surface area contributed by atoms with Crippen LogP contribution in [-0.4, -0.2) is 29.9 Å². The van der Waals surface area contributed by atoms with E-state index >= 15 is 0 Å².